The van der Waals surface area contributed by atoms with Gasteiger partial charge in [-0.1, -0.05) is 0 Å². The third kappa shape index (κ3) is 3.63. The number of carbonyl (C=O) groups excluding carboxylic acids is 1. The number of hydrogen-bond acceptors (Lipinski definition) is 3. The molecule has 0 radical (unpaired) electrons. The lowest BCUT2D eigenvalue weighted by atomic mass is 10.3. The van der Waals surface area contributed by atoms with Gasteiger partial charge in [0, 0.05) is 32.3 Å². The first-order chi connectivity index (χ1) is 6.88. The van der Waals surface area contributed by atoms with Crippen LogP contribution >= 0.6 is 24.8 Å². The van der Waals surface area contributed by atoms with E-state index in [4.69, 9.17) is 0 Å². The van der Waals surface area contributed by atoms with E-state index in [-0.39, 0.29) is 30.7 Å². The molecule has 1 fully saturated rings. The van der Waals surface area contributed by atoms with Crippen LogP contribution in [0.4, 0.5) is 5.69 Å². The number of nitrogens with one attached hydrogen (secondary N) is 1. The number of nitrogens with zero attached hydrogens (tertiary/aromatic N) is 2. The Hall–Kier alpha value is -0.840. The standard InChI is InChI=1S/C10H13N3O.2ClH/c14-10-3-5-11-6-7-13(10)9-2-1-4-12-8-9;;/h1-2,4,8,11H,3,5-7H2;2*1H. The van der Waals surface area contributed by atoms with Gasteiger partial charge in [0.1, 0.15) is 0 Å². The van der Waals surface area contributed by atoms with Gasteiger partial charge in [0.05, 0.1) is 11.9 Å². The lowest BCUT2D eigenvalue weighted by molar-refractivity contribution is -0.118. The largest absolute Gasteiger partial charge is 0.314 e. The Bertz CT molecular complexity index is 321. The number of amides is 1. The molecule has 6 heteroatoms. The topological polar surface area (TPSA) is 45.2 Å². The van der Waals surface area contributed by atoms with E-state index in [1.165, 1.54) is 0 Å². The molecule has 1 N–H and O–H groups in total. The van der Waals surface area contributed by atoms with Gasteiger partial charge in [0.2, 0.25) is 5.91 Å². The predicted octanol–water partition coefficient (Wildman–Crippen LogP) is 1.25. The third-order valence-electron chi connectivity index (χ3n) is 2.29. The molecule has 4 nitrogen and oxygen atoms in total. The average molecular weight is 264 g/mol. The second kappa shape index (κ2) is 7.44. The first kappa shape index (κ1) is 15.2. The zero-order chi connectivity index (χ0) is 9.80. The number of halogens is 2. The van der Waals surface area contributed by atoms with Crippen LogP contribution in [0, 0.1) is 0 Å². The Balaban J connectivity index is 0.00000112. The van der Waals surface area contributed by atoms with E-state index >= 15 is 0 Å². The van der Waals surface area contributed by atoms with Crippen LogP contribution in [0.1, 0.15) is 6.42 Å². The number of pyridine rings is 1. The molecule has 0 atom stereocenters. The fourth-order valence-electron chi connectivity index (χ4n) is 1.56. The highest BCUT2D eigenvalue weighted by Crippen LogP contribution is 2.13. The molecular formula is C10H15Cl2N3O. The van der Waals surface area contributed by atoms with E-state index in [0.717, 1.165) is 25.3 Å². The van der Waals surface area contributed by atoms with Gasteiger partial charge in [0.15, 0.2) is 0 Å². The van der Waals surface area contributed by atoms with E-state index in [0.29, 0.717) is 6.42 Å². The van der Waals surface area contributed by atoms with Crippen LogP contribution in [-0.2, 0) is 4.79 Å². The number of rotatable bonds is 1. The summed E-state index contributed by atoms with van der Waals surface area (Å²) in [5.74, 6) is 0.169. The lowest BCUT2D eigenvalue weighted by Gasteiger charge is -2.19. The van der Waals surface area contributed by atoms with Crippen molar-refractivity contribution in [2.45, 2.75) is 6.42 Å². The minimum atomic E-state index is 0. The van der Waals surface area contributed by atoms with Crippen molar-refractivity contribution < 1.29 is 4.79 Å². The molecule has 1 aliphatic heterocycles. The van der Waals surface area contributed by atoms with Gasteiger partial charge >= 0.3 is 0 Å². The summed E-state index contributed by atoms with van der Waals surface area (Å²) >= 11 is 0. The molecule has 0 aliphatic carbocycles. The highest BCUT2D eigenvalue weighted by Gasteiger charge is 2.17. The maximum atomic E-state index is 11.7. The van der Waals surface area contributed by atoms with Crippen molar-refractivity contribution in [3.63, 3.8) is 0 Å². The molecule has 1 amide bonds. The SMILES string of the molecule is Cl.Cl.O=C1CCNCCN1c1cccnc1. The molecule has 2 heterocycles. The summed E-state index contributed by atoms with van der Waals surface area (Å²) in [6, 6.07) is 3.76. The summed E-state index contributed by atoms with van der Waals surface area (Å²) in [5, 5.41) is 3.19. The Morgan fingerprint density at radius 3 is 2.81 bits per heavy atom. The zero-order valence-electron chi connectivity index (χ0n) is 8.76. The van der Waals surface area contributed by atoms with E-state index in [2.05, 4.69) is 10.3 Å². The van der Waals surface area contributed by atoms with Gasteiger partial charge in [0.25, 0.3) is 0 Å². The number of hydrogen-bond donors (Lipinski definition) is 1. The van der Waals surface area contributed by atoms with Crippen LogP contribution in [-0.4, -0.2) is 30.5 Å². The molecule has 0 saturated carbocycles. The molecule has 0 aromatic carbocycles. The van der Waals surface area contributed by atoms with Crippen LogP contribution in [0.15, 0.2) is 24.5 Å². The quantitative estimate of drug-likeness (QED) is 0.830. The van der Waals surface area contributed by atoms with Gasteiger partial charge < -0.3 is 10.2 Å². The molecule has 0 unspecified atom stereocenters. The number of anilines is 1. The Morgan fingerprint density at radius 2 is 2.12 bits per heavy atom. The number of aromatic nitrogens is 1. The maximum Gasteiger partial charge on any atom is 0.228 e. The molecular weight excluding hydrogens is 249 g/mol. The van der Waals surface area contributed by atoms with Gasteiger partial charge in [-0.25, -0.2) is 0 Å². The molecule has 1 saturated heterocycles. The maximum absolute atomic E-state index is 11.7. The van der Waals surface area contributed by atoms with Crippen molar-refractivity contribution in [3.05, 3.63) is 24.5 Å². The average Bonchev–Trinajstić information content (AvgIpc) is 2.44. The van der Waals surface area contributed by atoms with Crippen molar-refractivity contribution in [1.82, 2.24) is 10.3 Å². The summed E-state index contributed by atoms with van der Waals surface area (Å²) in [6.07, 6.45) is 4.00. The zero-order valence-corrected chi connectivity index (χ0v) is 10.4. The monoisotopic (exact) mass is 263 g/mol. The highest BCUT2D eigenvalue weighted by atomic mass is 35.5. The van der Waals surface area contributed by atoms with Crippen LogP contribution < -0.4 is 10.2 Å². The molecule has 0 spiro atoms. The highest BCUT2D eigenvalue weighted by molar-refractivity contribution is 5.93. The molecule has 1 aromatic heterocycles. The lowest BCUT2D eigenvalue weighted by Crippen LogP contribution is -2.32. The molecule has 90 valence electrons. The van der Waals surface area contributed by atoms with Crippen molar-refractivity contribution in [1.29, 1.82) is 0 Å². The second-order valence-corrected chi connectivity index (χ2v) is 3.26. The first-order valence-corrected chi connectivity index (χ1v) is 4.79. The van der Waals surface area contributed by atoms with Crippen LogP contribution in [0.25, 0.3) is 0 Å². The van der Waals surface area contributed by atoms with Gasteiger partial charge in [-0.2, -0.15) is 0 Å². The molecule has 0 bridgehead atoms. The first-order valence-electron chi connectivity index (χ1n) is 4.79. The minimum absolute atomic E-state index is 0. The minimum Gasteiger partial charge on any atom is -0.314 e. The smallest absolute Gasteiger partial charge is 0.228 e. The summed E-state index contributed by atoms with van der Waals surface area (Å²) in [4.78, 5) is 17.5. The summed E-state index contributed by atoms with van der Waals surface area (Å²) in [7, 11) is 0. The predicted molar refractivity (Wildman–Crippen MR) is 68.6 cm³/mol. The van der Waals surface area contributed by atoms with Gasteiger partial charge in [-0.3, -0.25) is 9.78 Å². The van der Waals surface area contributed by atoms with Gasteiger partial charge in [-0.15, -0.1) is 24.8 Å². The van der Waals surface area contributed by atoms with Crippen molar-refractivity contribution in [2.75, 3.05) is 24.5 Å². The van der Waals surface area contributed by atoms with Crippen molar-refractivity contribution >= 4 is 36.4 Å². The fourth-order valence-corrected chi connectivity index (χ4v) is 1.56. The normalized spacial score (nSPS) is 15.8. The molecule has 1 aliphatic rings. The van der Waals surface area contributed by atoms with Crippen LogP contribution in [0.2, 0.25) is 0 Å². The summed E-state index contributed by atoms with van der Waals surface area (Å²) < 4.78 is 0. The number of carbonyl (C=O) groups is 1. The summed E-state index contributed by atoms with van der Waals surface area (Å²) in [6.45, 7) is 2.35. The fraction of sp³-hybridized carbons (Fsp3) is 0.400. The Labute approximate surface area is 107 Å². The second-order valence-electron chi connectivity index (χ2n) is 3.26. The van der Waals surface area contributed by atoms with E-state index in [1.54, 1.807) is 17.3 Å². The summed E-state index contributed by atoms with van der Waals surface area (Å²) in [5.41, 5.74) is 0.890. The Kier molecular flexibility index (Phi) is 7.05. The third-order valence-corrected chi connectivity index (χ3v) is 2.29. The van der Waals surface area contributed by atoms with Crippen LogP contribution in [0.5, 0.6) is 0 Å². The molecule has 2 rings (SSSR count). The van der Waals surface area contributed by atoms with E-state index in [9.17, 15) is 4.79 Å². The van der Waals surface area contributed by atoms with E-state index < -0.39 is 0 Å². The van der Waals surface area contributed by atoms with Crippen molar-refractivity contribution in [2.24, 2.45) is 0 Å². The molecule has 1 aromatic rings. The van der Waals surface area contributed by atoms with Crippen LogP contribution in [0.3, 0.4) is 0 Å². The van der Waals surface area contributed by atoms with E-state index in [1.807, 2.05) is 12.1 Å². The Morgan fingerprint density at radius 1 is 1.31 bits per heavy atom. The van der Waals surface area contributed by atoms with Gasteiger partial charge in [-0.05, 0) is 12.1 Å². The molecule has 16 heavy (non-hydrogen) atoms. The van der Waals surface area contributed by atoms with Crippen molar-refractivity contribution in [3.8, 4) is 0 Å².